The zero-order valence-corrected chi connectivity index (χ0v) is 22.4. The molecule has 3 aromatic rings. The molecule has 3 aromatic carbocycles. The molecule has 0 bridgehead atoms. The second-order valence-electron chi connectivity index (χ2n) is 9.77. The average Bonchev–Trinajstić information content (AvgIpc) is 3.29. The van der Waals surface area contributed by atoms with Crippen LogP contribution in [0.2, 0.25) is 5.02 Å². The van der Waals surface area contributed by atoms with Gasteiger partial charge in [-0.25, -0.2) is 0 Å². The fourth-order valence-electron chi connectivity index (χ4n) is 4.98. The van der Waals surface area contributed by atoms with Crippen LogP contribution in [-0.2, 0) is 24.4 Å². The van der Waals surface area contributed by atoms with E-state index in [9.17, 15) is 9.59 Å². The monoisotopic (exact) mass is 533 g/mol. The van der Waals surface area contributed by atoms with Crippen LogP contribution >= 0.6 is 23.4 Å². The highest BCUT2D eigenvalue weighted by molar-refractivity contribution is 8.00. The van der Waals surface area contributed by atoms with Gasteiger partial charge in [0.2, 0.25) is 5.91 Å². The first-order valence-electron chi connectivity index (χ1n) is 12.9. The molecule has 0 spiro atoms. The number of thioether (sulfide) groups is 1. The topological polar surface area (TPSA) is 52.7 Å². The van der Waals surface area contributed by atoms with Crippen LogP contribution in [0.25, 0.3) is 0 Å². The second kappa shape index (κ2) is 12.2. The fraction of sp³-hybridized carbons (Fsp3) is 0.333. The number of carbonyl (C=O) groups excluding carboxylic acids is 2. The molecule has 2 amide bonds. The van der Waals surface area contributed by atoms with E-state index >= 15 is 0 Å². The Morgan fingerprint density at radius 2 is 1.62 bits per heavy atom. The average molecular weight is 534 g/mol. The summed E-state index contributed by atoms with van der Waals surface area (Å²) in [6.07, 6.45) is 3.90. The SMILES string of the molecule is O=C(NCc1cccc(CN2CCCCC2)c1)c1ccc([C@@H]2SCC(=O)N2Cc2ccc(Cl)cc2)cc1. The minimum absolute atomic E-state index is 0.0667. The summed E-state index contributed by atoms with van der Waals surface area (Å²) in [6, 6.07) is 23.7. The summed E-state index contributed by atoms with van der Waals surface area (Å²) in [7, 11) is 0. The molecule has 2 aliphatic heterocycles. The second-order valence-corrected chi connectivity index (χ2v) is 11.3. The van der Waals surface area contributed by atoms with Crippen molar-refractivity contribution in [2.24, 2.45) is 0 Å². The van der Waals surface area contributed by atoms with E-state index in [0.29, 0.717) is 29.4 Å². The molecular formula is C30H32ClN3O2S. The van der Waals surface area contributed by atoms with Crippen molar-refractivity contribution in [1.29, 1.82) is 0 Å². The van der Waals surface area contributed by atoms with E-state index in [-0.39, 0.29) is 17.2 Å². The first kappa shape index (κ1) is 25.8. The lowest BCUT2D eigenvalue weighted by Crippen LogP contribution is -2.29. The molecule has 1 N–H and O–H groups in total. The number of amides is 2. The number of nitrogens with one attached hydrogen (secondary N) is 1. The van der Waals surface area contributed by atoms with Crippen molar-refractivity contribution in [2.75, 3.05) is 18.8 Å². The lowest BCUT2D eigenvalue weighted by molar-refractivity contribution is -0.128. The van der Waals surface area contributed by atoms with Crippen molar-refractivity contribution in [3.05, 3.63) is 106 Å². The molecule has 1 atom stereocenters. The van der Waals surface area contributed by atoms with Crippen LogP contribution in [0.3, 0.4) is 0 Å². The van der Waals surface area contributed by atoms with Crippen molar-refractivity contribution in [2.45, 2.75) is 44.3 Å². The van der Waals surface area contributed by atoms with E-state index in [2.05, 4.69) is 34.5 Å². The molecule has 2 fully saturated rings. The molecule has 37 heavy (non-hydrogen) atoms. The minimum Gasteiger partial charge on any atom is -0.348 e. The van der Waals surface area contributed by atoms with Gasteiger partial charge in [-0.3, -0.25) is 14.5 Å². The van der Waals surface area contributed by atoms with Gasteiger partial charge >= 0.3 is 0 Å². The number of halogens is 1. The smallest absolute Gasteiger partial charge is 0.251 e. The maximum Gasteiger partial charge on any atom is 0.251 e. The lowest BCUT2D eigenvalue weighted by atomic mass is 10.1. The number of rotatable bonds is 8. The van der Waals surface area contributed by atoms with E-state index < -0.39 is 0 Å². The summed E-state index contributed by atoms with van der Waals surface area (Å²) in [5.74, 6) is 0.479. The van der Waals surface area contributed by atoms with Crippen LogP contribution in [0.15, 0.2) is 72.8 Å². The van der Waals surface area contributed by atoms with Gasteiger partial charge in [-0.15, -0.1) is 11.8 Å². The highest BCUT2D eigenvalue weighted by atomic mass is 35.5. The lowest BCUT2D eigenvalue weighted by Gasteiger charge is -2.26. The summed E-state index contributed by atoms with van der Waals surface area (Å²) >= 11 is 7.62. The maximum atomic E-state index is 12.8. The van der Waals surface area contributed by atoms with Crippen LogP contribution in [0.1, 0.15) is 57.2 Å². The van der Waals surface area contributed by atoms with Crippen LogP contribution < -0.4 is 5.32 Å². The Morgan fingerprint density at radius 1 is 0.892 bits per heavy atom. The predicted molar refractivity (Wildman–Crippen MR) is 150 cm³/mol. The fourth-order valence-corrected chi connectivity index (χ4v) is 6.30. The Morgan fingerprint density at radius 3 is 2.38 bits per heavy atom. The van der Waals surface area contributed by atoms with E-state index in [0.717, 1.165) is 23.2 Å². The Labute approximate surface area is 228 Å². The molecule has 2 heterocycles. The Hall–Kier alpha value is -2.80. The van der Waals surface area contributed by atoms with Gasteiger partial charge in [-0.1, -0.05) is 66.6 Å². The molecule has 2 saturated heterocycles. The predicted octanol–water partition coefficient (Wildman–Crippen LogP) is 6.03. The normalized spacial score (nSPS) is 18.2. The van der Waals surface area contributed by atoms with E-state index in [1.807, 2.05) is 53.4 Å². The standard InChI is InChI=1S/C30H32ClN3O2S/c31-27-13-7-22(8-14-27)20-34-28(35)21-37-30(34)26-11-9-25(10-12-26)29(36)32-18-23-5-4-6-24(17-23)19-33-15-2-1-3-16-33/h4-14,17,30H,1-3,15-16,18-21H2,(H,32,36)/t30-/m0/s1. The molecular weight excluding hydrogens is 502 g/mol. The first-order valence-corrected chi connectivity index (χ1v) is 14.3. The molecule has 5 rings (SSSR count). The molecule has 0 radical (unpaired) electrons. The van der Waals surface area contributed by atoms with Crippen LogP contribution in [0, 0.1) is 0 Å². The quantitative estimate of drug-likeness (QED) is 0.384. The number of carbonyl (C=O) groups is 2. The highest BCUT2D eigenvalue weighted by Crippen LogP contribution is 2.39. The number of nitrogens with zero attached hydrogens (tertiary/aromatic N) is 2. The summed E-state index contributed by atoms with van der Waals surface area (Å²) in [4.78, 5) is 29.8. The van der Waals surface area contributed by atoms with Gasteiger partial charge in [-0.2, -0.15) is 0 Å². The van der Waals surface area contributed by atoms with Crippen LogP contribution in [0.5, 0.6) is 0 Å². The Kier molecular flexibility index (Phi) is 8.49. The third kappa shape index (κ3) is 6.75. The Balaban J connectivity index is 1.18. The van der Waals surface area contributed by atoms with Crippen LogP contribution in [-0.4, -0.2) is 40.5 Å². The minimum atomic E-state index is -0.0962. The molecule has 0 aliphatic carbocycles. The molecule has 0 saturated carbocycles. The highest BCUT2D eigenvalue weighted by Gasteiger charge is 2.32. The van der Waals surface area contributed by atoms with Gasteiger partial charge in [0.1, 0.15) is 5.37 Å². The zero-order valence-electron chi connectivity index (χ0n) is 20.9. The number of hydrogen-bond donors (Lipinski definition) is 1. The van der Waals surface area contributed by atoms with Crippen molar-refractivity contribution in [1.82, 2.24) is 15.1 Å². The maximum absolute atomic E-state index is 12.8. The van der Waals surface area contributed by atoms with Gasteiger partial charge in [0, 0.05) is 30.2 Å². The van der Waals surface area contributed by atoms with E-state index in [1.165, 1.54) is 37.9 Å². The zero-order chi connectivity index (χ0) is 25.6. The Bertz CT molecular complexity index is 1230. The largest absolute Gasteiger partial charge is 0.348 e. The molecule has 7 heteroatoms. The third-order valence-corrected chi connectivity index (χ3v) is 8.50. The van der Waals surface area contributed by atoms with Crippen LogP contribution in [0.4, 0.5) is 0 Å². The number of piperidine rings is 1. The van der Waals surface area contributed by atoms with Gasteiger partial charge in [0.05, 0.1) is 5.75 Å². The molecule has 2 aliphatic rings. The van der Waals surface area contributed by atoms with Crippen molar-refractivity contribution >= 4 is 35.2 Å². The third-order valence-electron chi connectivity index (χ3n) is 6.99. The molecule has 192 valence electrons. The van der Waals surface area contributed by atoms with Gasteiger partial charge in [0.25, 0.3) is 5.91 Å². The summed E-state index contributed by atoms with van der Waals surface area (Å²) in [5, 5.41) is 3.67. The van der Waals surface area contributed by atoms with Gasteiger partial charge < -0.3 is 10.2 Å². The summed E-state index contributed by atoms with van der Waals surface area (Å²) in [5.41, 5.74) is 5.09. The summed E-state index contributed by atoms with van der Waals surface area (Å²) in [6.45, 7) is 4.34. The van der Waals surface area contributed by atoms with Gasteiger partial charge in [-0.05, 0) is 72.5 Å². The summed E-state index contributed by atoms with van der Waals surface area (Å²) < 4.78 is 0. The van der Waals surface area contributed by atoms with Crippen molar-refractivity contribution in [3.8, 4) is 0 Å². The molecule has 0 aromatic heterocycles. The molecule has 0 unspecified atom stereocenters. The van der Waals surface area contributed by atoms with E-state index in [4.69, 9.17) is 11.6 Å². The number of likely N-dealkylation sites (tertiary alicyclic amines) is 1. The molecule has 5 nitrogen and oxygen atoms in total. The van der Waals surface area contributed by atoms with E-state index in [1.54, 1.807) is 11.8 Å². The number of hydrogen-bond acceptors (Lipinski definition) is 4. The van der Waals surface area contributed by atoms with Crippen molar-refractivity contribution < 1.29 is 9.59 Å². The van der Waals surface area contributed by atoms with Gasteiger partial charge in [0.15, 0.2) is 0 Å². The van der Waals surface area contributed by atoms with Crippen molar-refractivity contribution in [3.63, 3.8) is 0 Å². The number of benzene rings is 3. The first-order chi connectivity index (χ1) is 18.0.